The summed E-state index contributed by atoms with van der Waals surface area (Å²) in [6, 6.07) is 0. The molecular weight excluding hydrogens is 300 g/mol. The van der Waals surface area contributed by atoms with Crippen LogP contribution in [0.4, 0.5) is 0 Å². The molecule has 1 amide bonds. The van der Waals surface area contributed by atoms with Crippen LogP contribution < -0.4 is 10.9 Å². The highest BCUT2D eigenvalue weighted by Crippen LogP contribution is 2.26. The van der Waals surface area contributed by atoms with Gasteiger partial charge in [-0.25, -0.2) is 4.98 Å². The largest absolute Gasteiger partial charge is 0.350 e. The summed E-state index contributed by atoms with van der Waals surface area (Å²) in [5.74, 6) is -0.114. The second-order valence-corrected chi connectivity index (χ2v) is 6.63. The molecule has 118 valence electrons. The predicted molar refractivity (Wildman–Crippen MR) is 87.6 cm³/mol. The summed E-state index contributed by atoms with van der Waals surface area (Å²) in [6.07, 6.45) is 5.18. The SMILES string of the molecule is Cc1c(C(=O)NCCN2CCCCC2)sc2nc[nH]c(=O)c12. The van der Waals surface area contributed by atoms with Crippen LogP contribution in [0.15, 0.2) is 11.1 Å². The van der Waals surface area contributed by atoms with Crippen molar-refractivity contribution >= 4 is 27.5 Å². The summed E-state index contributed by atoms with van der Waals surface area (Å²) < 4.78 is 0. The van der Waals surface area contributed by atoms with Crippen LogP contribution in [0.2, 0.25) is 0 Å². The Morgan fingerprint density at radius 1 is 1.41 bits per heavy atom. The molecule has 1 aliphatic heterocycles. The van der Waals surface area contributed by atoms with Crippen molar-refractivity contribution in [3.63, 3.8) is 0 Å². The maximum atomic E-state index is 12.3. The number of fused-ring (bicyclic) bond motifs is 1. The Morgan fingerprint density at radius 2 is 2.18 bits per heavy atom. The molecule has 0 unspecified atom stereocenters. The number of nitrogens with one attached hydrogen (secondary N) is 2. The molecule has 2 aromatic heterocycles. The lowest BCUT2D eigenvalue weighted by molar-refractivity contribution is 0.0950. The standard InChI is InChI=1S/C15H20N4O2S/c1-10-11-13(20)17-9-18-15(11)22-12(10)14(21)16-5-8-19-6-3-2-4-7-19/h9H,2-8H2,1H3,(H,16,21)(H,17,18,20). The fourth-order valence-corrected chi connectivity index (χ4v) is 3.95. The van der Waals surface area contributed by atoms with E-state index in [-0.39, 0.29) is 11.5 Å². The third kappa shape index (κ3) is 3.05. The zero-order chi connectivity index (χ0) is 15.5. The van der Waals surface area contributed by atoms with Crippen LogP contribution >= 0.6 is 11.3 Å². The Kier molecular flexibility index (Phi) is 4.54. The second kappa shape index (κ2) is 6.58. The molecule has 2 N–H and O–H groups in total. The van der Waals surface area contributed by atoms with Gasteiger partial charge in [0.2, 0.25) is 0 Å². The van der Waals surface area contributed by atoms with E-state index in [1.807, 2.05) is 0 Å². The molecular formula is C15H20N4O2S. The van der Waals surface area contributed by atoms with Crippen LogP contribution in [0.3, 0.4) is 0 Å². The van der Waals surface area contributed by atoms with Gasteiger partial charge >= 0.3 is 0 Å². The number of carbonyl (C=O) groups is 1. The quantitative estimate of drug-likeness (QED) is 0.895. The van der Waals surface area contributed by atoms with E-state index < -0.39 is 0 Å². The maximum absolute atomic E-state index is 12.3. The van der Waals surface area contributed by atoms with E-state index in [4.69, 9.17) is 0 Å². The fourth-order valence-electron chi connectivity index (χ4n) is 2.89. The Hall–Kier alpha value is -1.73. The lowest BCUT2D eigenvalue weighted by Crippen LogP contribution is -2.37. The van der Waals surface area contributed by atoms with Crippen molar-refractivity contribution in [2.75, 3.05) is 26.2 Å². The zero-order valence-corrected chi connectivity index (χ0v) is 13.5. The number of aryl methyl sites for hydroxylation is 1. The van der Waals surface area contributed by atoms with Crippen molar-refractivity contribution < 1.29 is 4.79 Å². The average Bonchev–Trinajstić information content (AvgIpc) is 2.87. The van der Waals surface area contributed by atoms with Gasteiger partial charge in [0.25, 0.3) is 11.5 Å². The summed E-state index contributed by atoms with van der Waals surface area (Å²) >= 11 is 1.28. The van der Waals surface area contributed by atoms with Crippen LogP contribution in [-0.4, -0.2) is 47.0 Å². The van der Waals surface area contributed by atoms with Crippen LogP contribution in [0.5, 0.6) is 0 Å². The lowest BCUT2D eigenvalue weighted by atomic mass is 10.1. The number of thiophene rings is 1. The second-order valence-electron chi connectivity index (χ2n) is 5.63. The van der Waals surface area contributed by atoms with Gasteiger partial charge in [-0.05, 0) is 38.4 Å². The average molecular weight is 320 g/mol. The number of H-pyrrole nitrogens is 1. The summed E-state index contributed by atoms with van der Waals surface area (Å²) in [6.45, 7) is 5.56. The van der Waals surface area contributed by atoms with Crippen molar-refractivity contribution in [3.8, 4) is 0 Å². The predicted octanol–water partition coefficient (Wildman–Crippen LogP) is 1.51. The number of nitrogens with zero attached hydrogens (tertiary/aromatic N) is 2. The van der Waals surface area contributed by atoms with Gasteiger partial charge < -0.3 is 15.2 Å². The summed E-state index contributed by atoms with van der Waals surface area (Å²) in [5.41, 5.74) is 0.524. The number of rotatable bonds is 4. The number of likely N-dealkylation sites (tertiary alicyclic amines) is 1. The molecule has 0 aromatic carbocycles. The number of aromatic nitrogens is 2. The molecule has 0 radical (unpaired) electrons. The molecule has 0 spiro atoms. The van der Waals surface area contributed by atoms with Crippen molar-refractivity contribution in [1.82, 2.24) is 20.2 Å². The molecule has 1 saturated heterocycles. The van der Waals surface area contributed by atoms with Crippen molar-refractivity contribution in [2.45, 2.75) is 26.2 Å². The van der Waals surface area contributed by atoms with Gasteiger partial charge in [0, 0.05) is 13.1 Å². The number of carbonyl (C=O) groups excluding carboxylic acids is 1. The van der Waals surface area contributed by atoms with E-state index in [1.165, 1.54) is 36.9 Å². The van der Waals surface area contributed by atoms with E-state index in [1.54, 1.807) is 6.92 Å². The van der Waals surface area contributed by atoms with Gasteiger partial charge in [-0.1, -0.05) is 6.42 Å². The zero-order valence-electron chi connectivity index (χ0n) is 12.6. The Balaban J connectivity index is 1.66. The van der Waals surface area contributed by atoms with E-state index >= 15 is 0 Å². The van der Waals surface area contributed by atoms with Crippen LogP contribution in [0.25, 0.3) is 10.2 Å². The first kappa shape index (κ1) is 15.2. The fraction of sp³-hybridized carbons (Fsp3) is 0.533. The summed E-state index contributed by atoms with van der Waals surface area (Å²) in [7, 11) is 0. The molecule has 0 aliphatic carbocycles. The maximum Gasteiger partial charge on any atom is 0.261 e. The first-order valence-corrected chi connectivity index (χ1v) is 8.46. The van der Waals surface area contributed by atoms with Gasteiger partial charge in [0.15, 0.2) is 0 Å². The first-order valence-electron chi connectivity index (χ1n) is 7.64. The van der Waals surface area contributed by atoms with E-state index in [9.17, 15) is 9.59 Å². The molecule has 1 fully saturated rings. The molecule has 22 heavy (non-hydrogen) atoms. The minimum atomic E-state index is -0.189. The molecule has 0 bridgehead atoms. The highest BCUT2D eigenvalue weighted by Gasteiger charge is 2.18. The molecule has 0 saturated carbocycles. The smallest absolute Gasteiger partial charge is 0.261 e. The molecule has 3 heterocycles. The van der Waals surface area contributed by atoms with Crippen LogP contribution in [0.1, 0.15) is 34.5 Å². The van der Waals surface area contributed by atoms with E-state index in [0.29, 0.717) is 27.2 Å². The van der Waals surface area contributed by atoms with Gasteiger partial charge in [0.1, 0.15) is 4.83 Å². The molecule has 1 aliphatic rings. The lowest BCUT2D eigenvalue weighted by Gasteiger charge is -2.26. The summed E-state index contributed by atoms with van der Waals surface area (Å²) in [5, 5.41) is 3.48. The normalized spacial score (nSPS) is 16.0. The first-order chi connectivity index (χ1) is 10.7. The Bertz CT molecular complexity index is 731. The molecule has 6 nitrogen and oxygen atoms in total. The van der Waals surface area contributed by atoms with Crippen LogP contribution in [-0.2, 0) is 0 Å². The topological polar surface area (TPSA) is 78.1 Å². The third-order valence-corrected chi connectivity index (χ3v) is 5.30. The monoisotopic (exact) mass is 320 g/mol. The minimum absolute atomic E-state index is 0.114. The highest BCUT2D eigenvalue weighted by atomic mass is 32.1. The summed E-state index contributed by atoms with van der Waals surface area (Å²) in [4.78, 5) is 34.4. The van der Waals surface area contributed by atoms with Crippen molar-refractivity contribution in [2.24, 2.45) is 0 Å². The Labute approximate surface area is 132 Å². The third-order valence-electron chi connectivity index (χ3n) is 4.10. The number of hydrogen-bond acceptors (Lipinski definition) is 5. The van der Waals surface area contributed by atoms with Gasteiger partial charge in [0.05, 0.1) is 16.6 Å². The van der Waals surface area contributed by atoms with Gasteiger partial charge in [-0.2, -0.15) is 0 Å². The van der Waals surface area contributed by atoms with Gasteiger partial charge in [-0.15, -0.1) is 11.3 Å². The molecule has 2 aromatic rings. The highest BCUT2D eigenvalue weighted by molar-refractivity contribution is 7.20. The number of amides is 1. The number of hydrogen-bond donors (Lipinski definition) is 2. The molecule has 3 rings (SSSR count). The molecule has 7 heteroatoms. The van der Waals surface area contributed by atoms with Gasteiger partial charge in [-0.3, -0.25) is 9.59 Å². The van der Waals surface area contributed by atoms with Crippen molar-refractivity contribution in [1.29, 1.82) is 0 Å². The number of aromatic amines is 1. The molecule has 0 atom stereocenters. The van der Waals surface area contributed by atoms with E-state index in [2.05, 4.69) is 20.2 Å². The number of piperidine rings is 1. The Morgan fingerprint density at radius 3 is 2.91 bits per heavy atom. The van der Waals surface area contributed by atoms with E-state index in [0.717, 1.165) is 19.6 Å². The van der Waals surface area contributed by atoms with Crippen LogP contribution in [0, 0.1) is 6.92 Å². The van der Waals surface area contributed by atoms with Crippen molar-refractivity contribution in [3.05, 3.63) is 27.1 Å². The minimum Gasteiger partial charge on any atom is -0.350 e.